The van der Waals surface area contributed by atoms with Gasteiger partial charge >= 0.3 is 12.1 Å². The minimum atomic E-state index is -4.33. The highest BCUT2D eigenvalue weighted by molar-refractivity contribution is 7.99. The van der Waals surface area contributed by atoms with E-state index in [1.54, 1.807) is 36.1 Å². The van der Waals surface area contributed by atoms with Crippen molar-refractivity contribution in [3.8, 4) is 5.75 Å². The molecule has 0 saturated heterocycles. The van der Waals surface area contributed by atoms with Gasteiger partial charge < -0.3 is 9.47 Å². The number of thioether (sulfide) groups is 1. The maximum Gasteiger partial charge on any atom is 0.416 e. The van der Waals surface area contributed by atoms with Crippen LogP contribution in [0.5, 0.6) is 5.75 Å². The van der Waals surface area contributed by atoms with Crippen LogP contribution in [0.1, 0.15) is 61.5 Å². The lowest BCUT2D eigenvalue weighted by molar-refractivity contribution is -0.145. The van der Waals surface area contributed by atoms with Crippen molar-refractivity contribution in [3.63, 3.8) is 0 Å². The van der Waals surface area contributed by atoms with Crippen molar-refractivity contribution >= 4 is 39.2 Å². The van der Waals surface area contributed by atoms with Crippen LogP contribution in [0.25, 0.3) is 10.1 Å². The molecule has 0 fully saturated rings. The molecule has 3 aromatic rings. The van der Waals surface area contributed by atoms with E-state index in [4.69, 9.17) is 9.47 Å². The van der Waals surface area contributed by atoms with E-state index in [1.807, 2.05) is 31.2 Å². The second-order valence-corrected chi connectivity index (χ2v) is 10.7. The Morgan fingerprint density at radius 1 is 1.09 bits per heavy atom. The fraction of sp³-hybridized carbons (Fsp3) is 0.444. The highest BCUT2D eigenvalue weighted by Crippen LogP contribution is 2.39. The van der Waals surface area contributed by atoms with Crippen molar-refractivity contribution in [2.75, 3.05) is 19.0 Å². The summed E-state index contributed by atoms with van der Waals surface area (Å²) in [4.78, 5) is 13.8. The molecule has 0 aliphatic carbocycles. The Labute approximate surface area is 213 Å². The van der Waals surface area contributed by atoms with Gasteiger partial charge in [-0.25, -0.2) is 4.79 Å². The fourth-order valence-corrected chi connectivity index (χ4v) is 6.13. The zero-order valence-corrected chi connectivity index (χ0v) is 21.9. The molecule has 0 spiro atoms. The van der Waals surface area contributed by atoms with Crippen LogP contribution in [-0.2, 0) is 15.7 Å². The van der Waals surface area contributed by atoms with E-state index in [0.29, 0.717) is 23.7 Å². The third-order valence-corrected chi connectivity index (χ3v) is 8.01. The van der Waals surface area contributed by atoms with Gasteiger partial charge in [0.1, 0.15) is 5.75 Å². The van der Waals surface area contributed by atoms with Gasteiger partial charge in [-0.15, -0.1) is 23.1 Å². The molecule has 0 bridgehead atoms. The SMILES string of the molecule is CCCCC(CCSc1ccc(OCC(=O)OCC)c(C)c1)c1cc2cc(C(F)(F)F)ccc2s1. The van der Waals surface area contributed by atoms with Gasteiger partial charge in [-0.3, -0.25) is 0 Å². The molecule has 0 aliphatic rings. The van der Waals surface area contributed by atoms with Gasteiger partial charge in [0, 0.05) is 14.5 Å². The molecule has 35 heavy (non-hydrogen) atoms. The first kappa shape index (κ1) is 27.4. The quantitative estimate of drug-likeness (QED) is 0.175. The number of thiophene rings is 1. The number of carbonyl (C=O) groups is 1. The number of unbranched alkanes of at least 4 members (excludes halogenated alkanes) is 1. The number of aryl methyl sites for hydroxylation is 1. The van der Waals surface area contributed by atoms with Crippen LogP contribution in [0.2, 0.25) is 0 Å². The Morgan fingerprint density at radius 2 is 1.89 bits per heavy atom. The molecule has 0 radical (unpaired) electrons. The molecule has 3 nitrogen and oxygen atoms in total. The smallest absolute Gasteiger partial charge is 0.416 e. The number of carbonyl (C=O) groups excluding carboxylic acids is 1. The van der Waals surface area contributed by atoms with Gasteiger partial charge in [-0.05, 0) is 91.8 Å². The lowest BCUT2D eigenvalue weighted by atomic mass is 9.97. The molecule has 2 aromatic carbocycles. The number of rotatable bonds is 12. The summed E-state index contributed by atoms with van der Waals surface area (Å²) >= 11 is 3.36. The van der Waals surface area contributed by atoms with E-state index in [1.165, 1.54) is 12.1 Å². The third-order valence-electron chi connectivity index (χ3n) is 5.70. The van der Waals surface area contributed by atoms with Crippen LogP contribution in [0, 0.1) is 6.92 Å². The van der Waals surface area contributed by atoms with Crippen LogP contribution in [0.4, 0.5) is 13.2 Å². The van der Waals surface area contributed by atoms with Crippen molar-refractivity contribution < 1.29 is 27.4 Å². The first-order valence-corrected chi connectivity index (χ1v) is 13.6. The highest BCUT2D eigenvalue weighted by atomic mass is 32.2. The average molecular weight is 525 g/mol. The zero-order chi connectivity index (χ0) is 25.4. The lowest BCUT2D eigenvalue weighted by Crippen LogP contribution is -2.14. The number of alkyl halides is 3. The monoisotopic (exact) mass is 524 g/mol. The zero-order valence-electron chi connectivity index (χ0n) is 20.2. The van der Waals surface area contributed by atoms with Crippen LogP contribution < -0.4 is 4.74 Å². The van der Waals surface area contributed by atoms with E-state index in [0.717, 1.165) is 51.5 Å². The summed E-state index contributed by atoms with van der Waals surface area (Å²) in [6.45, 7) is 6.07. The molecule has 190 valence electrons. The number of fused-ring (bicyclic) bond motifs is 1. The van der Waals surface area contributed by atoms with Crippen LogP contribution in [-0.4, -0.2) is 24.9 Å². The first-order chi connectivity index (χ1) is 16.7. The maximum absolute atomic E-state index is 13.1. The Hall–Kier alpha value is -2.19. The van der Waals surface area contributed by atoms with Crippen molar-refractivity contribution in [2.24, 2.45) is 0 Å². The standard InChI is InChI=1S/C27H31F3O3S2/c1-4-6-7-19(25-16-20-15-21(27(28,29)30)8-11-24(20)35-25)12-13-34-22-9-10-23(18(3)14-22)33-17-26(31)32-5-2/h8-11,14-16,19H,4-7,12-13,17H2,1-3H3. The molecule has 0 saturated carbocycles. The number of hydrogen-bond donors (Lipinski definition) is 0. The van der Waals surface area contributed by atoms with Crippen LogP contribution in [0.15, 0.2) is 47.4 Å². The van der Waals surface area contributed by atoms with Gasteiger partial charge in [-0.2, -0.15) is 13.2 Å². The Morgan fingerprint density at radius 3 is 2.57 bits per heavy atom. The molecule has 1 heterocycles. The van der Waals surface area contributed by atoms with E-state index in [9.17, 15) is 18.0 Å². The summed E-state index contributed by atoms with van der Waals surface area (Å²) in [5.41, 5.74) is 0.354. The normalized spacial score (nSPS) is 12.6. The lowest BCUT2D eigenvalue weighted by Gasteiger charge is -2.15. The summed E-state index contributed by atoms with van der Waals surface area (Å²) in [6, 6.07) is 11.9. The summed E-state index contributed by atoms with van der Waals surface area (Å²) < 4.78 is 50.7. The molecule has 8 heteroatoms. The number of benzene rings is 2. The van der Waals surface area contributed by atoms with Gasteiger partial charge in [-0.1, -0.05) is 19.8 Å². The van der Waals surface area contributed by atoms with E-state index in [2.05, 4.69) is 6.92 Å². The predicted octanol–water partition coefficient (Wildman–Crippen LogP) is 8.63. The minimum Gasteiger partial charge on any atom is -0.482 e. The van der Waals surface area contributed by atoms with E-state index < -0.39 is 11.7 Å². The molecular weight excluding hydrogens is 493 g/mol. The number of hydrogen-bond acceptors (Lipinski definition) is 5. The summed E-state index contributed by atoms with van der Waals surface area (Å²) in [5.74, 6) is 1.49. The van der Waals surface area contributed by atoms with Crippen LogP contribution >= 0.6 is 23.1 Å². The Kier molecular flexibility index (Phi) is 9.92. The second-order valence-electron chi connectivity index (χ2n) is 8.40. The molecule has 0 amide bonds. The molecule has 0 aliphatic heterocycles. The molecule has 3 rings (SSSR count). The first-order valence-electron chi connectivity index (χ1n) is 11.8. The fourth-order valence-electron chi connectivity index (χ4n) is 3.85. The Bertz CT molecular complexity index is 1120. The van der Waals surface area contributed by atoms with E-state index in [-0.39, 0.29) is 12.6 Å². The molecule has 1 unspecified atom stereocenters. The van der Waals surface area contributed by atoms with Gasteiger partial charge in [0.15, 0.2) is 6.61 Å². The maximum atomic E-state index is 13.1. The topological polar surface area (TPSA) is 35.5 Å². The number of esters is 1. The highest BCUT2D eigenvalue weighted by Gasteiger charge is 2.30. The number of ether oxygens (including phenoxy) is 2. The van der Waals surface area contributed by atoms with Crippen LogP contribution in [0.3, 0.4) is 0 Å². The van der Waals surface area contributed by atoms with Crippen molar-refractivity contribution in [1.82, 2.24) is 0 Å². The molecular formula is C27H31F3O3S2. The molecule has 1 aromatic heterocycles. The third kappa shape index (κ3) is 7.90. The summed E-state index contributed by atoms with van der Waals surface area (Å²) in [5, 5.41) is 0.669. The summed E-state index contributed by atoms with van der Waals surface area (Å²) in [6.07, 6.45) is -0.187. The molecule has 1 atom stereocenters. The van der Waals surface area contributed by atoms with Gasteiger partial charge in [0.05, 0.1) is 12.2 Å². The van der Waals surface area contributed by atoms with E-state index >= 15 is 0 Å². The van der Waals surface area contributed by atoms with Crippen molar-refractivity contribution in [3.05, 3.63) is 58.5 Å². The minimum absolute atomic E-state index is 0.111. The predicted molar refractivity (Wildman–Crippen MR) is 138 cm³/mol. The van der Waals surface area contributed by atoms with Gasteiger partial charge in [0.2, 0.25) is 0 Å². The molecule has 0 N–H and O–H groups in total. The van der Waals surface area contributed by atoms with Gasteiger partial charge in [0.25, 0.3) is 0 Å². The Balaban J connectivity index is 1.63. The summed E-state index contributed by atoms with van der Waals surface area (Å²) in [7, 11) is 0. The number of halogens is 3. The average Bonchev–Trinajstić information content (AvgIpc) is 3.23. The van der Waals surface area contributed by atoms with Crippen molar-refractivity contribution in [1.29, 1.82) is 0 Å². The second kappa shape index (κ2) is 12.7. The largest absolute Gasteiger partial charge is 0.482 e. The van der Waals surface area contributed by atoms with Crippen molar-refractivity contribution in [2.45, 2.75) is 63.4 Å².